The first kappa shape index (κ1) is 32.2. The molecule has 0 atom stereocenters. The van der Waals surface area contributed by atoms with Crippen molar-refractivity contribution in [3.8, 4) is 0 Å². The number of carbonyl (C=O) groups is 2. The quantitative estimate of drug-likeness (QED) is 0.223. The van der Waals surface area contributed by atoms with Crippen LogP contribution in [0.1, 0.15) is 20.7 Å². The third-order valence-electron chi connectivity index (χ3n) is 2.84. The van der Waals surface area contributed by atoms with Crippen LogP contribution in [0.3, 0.4) is 0 Å². The van der Waals surface area contributed by atoms with Gasteiger partial charge in [-0.1, -0.05) is 0 Å². The second-order valence-corrected chi connectivity index (χ2v) is 5.13. The fraction of sp³-hybridized carbons (Fsp3) is 0.333. The Morgan fingerprint density at radius 2 is 1.38 bits per heavy atom. The van der Waals surface area contributed by atoms with Gasteiger partial charge in [0.2, 0.25) is 6.80 Å². The molecule has 26 heavy (non-hydrogen) atoms. The molecule has 1 aromatic rings. The van der Waals surface area contributed by atoms with E-state index >= 15 is 0 Å². The van der Waals surface area contributed by atoms with Gasteiger partial charge in [0.05, 0.1) is 25.2 Å². The van der Waals surface area contributed by atoms with Crippen molar-refractivity contribution in [2.75, 3.05) is 40.7 Å². The Kier molecular flexibility index (Phi) is 20.9. The molecule has 0 amide bonds. The third-order valence-corrected chi connectivity index (χ3v) is 2.84. The van der Waals surface area contributed by atoms with E-state index in [2.05, 4.69) is 6.92 Å². The number of hydrogen-bond acceptors (Lipinski definition) is 4. The maximum Gasteiger partial charge on any atom is 0.338 e. The molecule has 0 saturated carbocycles. The summed E-state index contributed by atoms with van der Waals surface area (Å²) < 4.78 is 31.8. The molecule has 0 radical (unpaired) electrons. The van der Waals surface area contributed by atoms with Crippen LogP contribution < -0.4 is 0 Å². The van der Waals surface area contributed by atoms with Gasteiger partial charge in [0.25, 0.3) is 0 Å². The summed E-state index contributed by atoms with van der Waals surface area (Å²) in [4.78, 5) is 23.2. The predicted octanol–water partition coefficient (Wildman–Crippen LogP) is 3.48. The van der Waals surface area contributed by atoms with Gasteiger partial charge in [-0.2, -0.15) is 11.6 Å². The average Bonchev–Trinajstić information content (AvgIpc) is 2.57. The van der Waals surface area contributed by atoms with E-state index in [1.165, 1.54) is 24.3 Å². The van der Waals surface area contributed by atoms with Crippen LogP contribution in [0.2, 0.25) is 0 Å². The normalized spacial score (nSPS) is 9.15. The first-order valence-electron chi connectivity index (χ1n) is 6.78. The summed E-state index contributed by atoms with van der Waals surface area (Å²) in [5.41, 5.74) is 0.664. The van der Waals surface area contributed by atoms with Crippen molar-refractivity contribution in [1.82, 2.24) is 0 Å². The monoisotopic (exact) mass is 418 g/mol. The predicted molar refractivity (Wildman–Crippen MR) is 94.6 cm³/mol. The molecule has 0 heterocycles. The summed E-state index contributed by atoms with van der Waals surface area (Å²) in [5.74, 6) is -1.00. The number of rotatable bonds is 7. The zero-order valence-corrected chi connectivity index (χ0v) is 16.7. The number of halogens is 2. The fourth-order valence-corrected chi connectivity index (χ4v) is 1.45. The van der Waals surface area contributed by atoms with Crippen molar-refractivity contribution in [2.45, 2.75) is 0 Å². The van der Waals surface area contributed by atoms with Crippen LogP contribution in [0, 0.1) is 29.0 Å². The van der Waals surface area contributed by atoms with Gasteiger partial charge in [0.15, 0.2) is 0 Å². The molecule has 1 aromatic carbocycles. The average molecular weight is 419 g/mol. The molecule has 156 valence electrons. The minimum Gasteiger partial charge on any atom is -0.495 e. The van der Waals surface area contributed by atoms with Gasteiger partial charge in [0.1, 0.15) is 13.2 Å². The van der Waals surface area contributed by atoms with Crippen molar-refractivity contribution >= 4 is 11.9 Å². The zero-order valence-electron chi connectivity index (χ0n) is 15.7. The van der Waals surface area contributed by atoms with E-state index in [1.807, 2.05) is 0 Å². The molecule has 0 aliphatic rings. The number of nitrogens with zero attached hydrogens (tertiary/aromatic N) is 1. The van der Waals surface area contributed by atoms with Gasteiger partial charge < -0.3 is 35.6 Å². The third kappa shape index (κ3) is 11.9. The zero-order chi connectivity index (χ0) is 17.9. The summed E-state index contributed by atoms with van der Waals surface area (Å²) in [7, 11) is 5.16. The van der Waals surface area contributed by atoms with Crippen LogP contribution in [0.5, 0.6) is 0 Å². The molecule has 0 saturated heterocycles. The first-order valence-corrected chi connectivity index (χ1v) is 6.78. The van der Waals surface area contributed by atoms with Crippen LogP contribution in [0.15, 0.2) is 24.3 Å². The second kappa shape index (κ2) is 16.9. The van der Waals surface area contributed by atoms with Crippen LogP contribution in [-0.4, -0.2) is 57.1 Å². The van der Waals surface area contributed by atoms with Crippen molar-refractivity contribution in [3.63, 3.8) is 0 Å². The van der Waals surface area contributed by atoms with Gasteiger partial charge in [-0.3, -0.25) is 4.48 Å². The number of carbonyl (C=O) groups excluding carboxylic acids is 2. The summed E-state index contributed by atoms with van der Waals surface area (Å²) in [6.45, 7) is 3.44. The van der Waals surface area contributed by atoms with E-state index in [1.54, 1.807) is 21.3 Å². The smallest absolute Gasteiger partial charge is 0.338 e. The van der Waals surface area contributed by atoms with E-state index in [-0.39, 0.29) is 49.0 Å². The number of benzene rings is 1. The molecule has 0 N–H and O–H groups in total. The molecular formula is C18H28F2NNiO4-3. The molecule has 0 aliphatic heterocycles. The van der Waals surface area contributed by atoms with Crippen LogP contribution in [0.4, 0.5) is 8.78 Å². The standard InChI is InChI=1S/C15H20FNO4.CH2F.2CH3.Ni/c1-4-20-14(18)12-5-7-13(8-6-12)15(19)21-10-9-17(2,3)11-16;1-2;;;/h5-8H,1,4,9-11H2,2-3H3;1H2;2*1H3;/q;3*-1;. The first-order chi connectivity index (χ1) is 10.9. The number of likely N-dealkylation sites (N-methyl/N-ethyl adjacent to an activating group) is 1. The van der Waals surface area contributed by atoms with Crippen molar-refractivity contribution in [3.05, 3.63) is 64.3 Å². The minimum absolute atomic E-state index is 0. The number of ether oxygens (including phenoxy) is 2. The van der Waals surface area contributed by atoms with E-state index in [4.69, 9.17) is 9.47 Å². The maximum absolute atomic E-state index is 12.6. The molecular weight excluding hydrogens is 391 g/mol. The molecule has 0 fully saturated rings. The number of hydrogen-bond donors (Lipinski definition) is 0. The van der Waals surface area contributed by atoms with Gasteiger partial charge in [0, 0.05) is 16.5 Å². The topological polar surface area (TPSA) is 52.6 Å². The molecule has 0 aliphatic carbocycles. The summed E-state index contributed by atoms with van der Waals surface area (Å²) >= 11 is 0. The maximum atomic E-state index is 12.6. The van der Waals surface area contributed by atoms with Crippen LogP contribution in [-0.2, 0) is 26.0 Å². The van der Waals surface area contributed by atoms with E-state index in [0.29, 0.717) is 17.7 Å². The summed E-state index contributed by atoms with van der Waals surface area (Å²) in [6.07, 6.45) is 0. The Hall–Kier alpha value is -1.53. The molecule has 8 heteroatoms. The number of alkyl halides is 1. The van der Waals surface area contributed by atoms with Crippen molar-refractivity contribution in [2.24, 2.45) is 0 Å². The Balaban J connectivity index is -0.000000467. The van der Waals surface area contributed by atoms with Gasteiger partial charge in [-0.15, -0.1) is 0 Å². The molecule has 1 rings (SSSR count). The Labute approximate surface area is 166 Å². The van der Waals surface area contributed by atoms with Crippen LogP contribution in [0.25, 0.3) is 0 Å². The SMILES string of the molecule is [CH2-]COC(=O)c1ccc(C(=O)OCC[N+](C)(C)CF)cc1.[CH2-]F.[CH3-].[CH3-].[Ni]. The second-order valence-electron chi connectivity index (χ2n) is 5.13. The fourth-order valence-electron chi connectivity index (χ4n) is 1.45. The van der Waals surface area contributed by atoms with Gasteiger partial charge in [-0.25, -0.2) is 9.59 Å². The van der Waals surface area contributed by atoms with Gasteiger partial charge in [-0.05, 0) is 30.9 Å². The molecule has 0 aromatic heterocycles. The molecule has 0 unspecified atom stereocenters. The van der Waals surface area contributed by atoms with E-state index in [9.17, 15) is 18.4 Å². The molecule has 0 bridgehead atoms. The Morgan fingerprint density at radius 1 is 1.00 bits per heavy atom. The molecule has 0 spiro atoms. The number of quaternary nitrogens is 1. The Morgan fingerprint density at radius 3 is 1.73 bits per heavy atom. The summed E-state index contributed by atoms with van der Waals surface area (Å²) in [6, 6.07) is 5.93. The summed E-state index contributed by atoms with van der Waals surface area (Å²) in [5, 5.41) is 0. The van der Waals surface area contributed by atoms with Crippen LogP contribution >= 0.6 is 0 Å². The van der Waals surface area contributed by atoms with Crippen molar-refractivity contribution in [1.29, 1.82) is 0 Å². The van der Waals surface area contributed by atoms with E-state index in [0.717, 1.165) is 0 Å². The largest absolute Gasteiger partial charge is 0.495 e. The Bertz CT molecular complexity index is 496. The van der Waals surface area contributed by atoms with Gasteiger partial charge >= 0.3 is 11.9 Å². The molecule has 5 nitrogen and oxygen atoms in total. The minimum atomic E-state index is -0.527. The van der Waals surface area contributed by atoms with E-state index < -0.39 is 18.7 Å². The number of esters is 2. The van der Waals surface area contributed by atoms with Crippen molar-refractivity contribution < 1.29 is 48.8 Å².